The number of carbonyl (C=O) groups excluding carboxylic acids is 3. The van der Waals surface area contributed by atoms with Crippen molar-refractivity contribution >= 4 is 35.1 Å². The number of amides is 3. The third kappa shape index (κ3) is 7.90. The molecule has 0 saturated carbocycles. The summed E-state index contributed by atoms with van der Waals surface area (Å²) >= 11 is 0. The molecule has 3 heterocycles. The average Bonchev–Trinajstić information content (AvgIpc) is 3.59. The van der Waals surface area contributed by atoms with Crippen LogP contribution in [0.4, 0.5) is 11.4 Å². The van der Waals surface area contributed by atoms with E-state index in [4.69, 9.17) is 9.47 Å². The Balaban J connectivity index is 1.33. The molecule has 5 rings (SSSR count). The summed E-state index contributed by atoms with van der Waals surface area (Å²) in [6.45, 7) is 2.39. The number of hydrogen-bond donors (Lipinski definition) is 3. The number of para-hydroxylation sites is 1. The number of nitrogens with one attached hydrogen (secondary N) is 2. The maximum atomic E-state index is 13.4. The van der Waals surface area contributed by atoms with E-state index in [-0.39, 0.29) is 30.6 Å². The summed E-state index contributed by atoms with van der Waals surface area (Å²) in [5, 5.41) is 15.1. The first kappa shape index (κ1) is 30.5. The number of aromatic nitrogens is 1. The molecule has 3 N–H and O–H groups in total. The number of piperazine rings is 1. The normalized spacial score (nSPS) is 17.0. The Kier molecular flexibility index (Phi) is 10.0. The van der Waals surface area contributed by atoms with E-state index in [0.29, 0.717) is 55.5 Å². The fourth-order valence-electron chi connectivity index (χ4n) is 5.30. The highest BCUT2D eigenvalue weighted by Gasteiger charge is 2.31. The summed E-state index contributed by atoms with van der Waals surface area (Å²) < 4.78 is 11.2. The minimum Gasteiger partial charge on any atom is -0.484 e. The molecule has 2 atom stereocenters. The van der Waals surface area contributed by atoms with Crippen LogP contribution in [-0.4, -0.2) is 84.2 Å². The van der Waals surface area contributed by atoms with Gasteiger partial charge in [-0.15, -0.1) is 0 Å². The van der Waals surface area contributed by atoms with Crippen molar-refractivity contribution < 1.29 is 33.8 Å². The minimum atomic E-state index is -1.07. The molecule has 2 aliphatic rings. The van der Waals surface area contributed by atoms with Crippen LogP contribution in [0.5, 0.6) is 5.75 Å². The van der Waals surface area contributed by atoms with Crippen LogP contribution in [0.1, 0.15) is 41.2 Å². The molecule has 0 radical (unpaired) electrons. The lowest BCUT2D eigenvalue weighted by molar-refractivity contribution is -0.141. The van der Waals surface area contributed by atoms with E-state index >= 15 is 0 Å². The average molecular weight is 602 g/mol. The third-order valence-corrected chi connectivity index (χ3v) is 7.55. The molecule has 2 aliphatic heterocycles. The molecule has 44 heavy (non-hydrogen) atoms. The predicted molar refractivity (Wildman–Crippen MR) is 161 cm³/mol. The molecule has 2 saturated heterocycles. The van der Waals surface area contributed by atoms with Gasteiger partial charge in [0.1, 0.15) is 11.9 Å². The summed E-state index contributed by atoms with van der Waals surface area (Å²) in [7, 11) is 0. The van der Waals surface area contributed by atoms with Crippen molar-refractivity contribution in [2.75, 3.05) is 49.6 Å². The predicted octanol–water partition coefficient (Wildman–Crippen LogP) is 2.87. The molecule has 0 aliphatic carbocycles. The van der Waals surface area contributed by atoms with E-state index in [2.05, 4.69) is 20.5 Å². The number of nitrogens with zero attached hydrogens (tertiary/aromatic N) is 3. The second-order valence-electron chi connectivity index (χ2n) is 10.6. The molecule has 2 fully saturated rings. The van der Waals surface area contributed by atoms with E-state index in [1.807, 2.05) is 6.07 Å². The van der Waals surface area contributed by atoms with Crippen LogP contribution in [0, 0.1) is 0 Å². The first-order chi connectivity index (χ1) is 21.4. The van der Waals surface area contributed by atoms with E-state index in [0.717, 1.165) is 12.8 Å². The topological polar surface area (TPSA) is 150 Å². The zero-order valence-electron chi connectivity index (χ0n) is 24.2. The standard InChI is InChI=1S/C32H35N5O7/c38-29(21-44-24-7-2-1-3-8-24)34-26-18-22(31(41)35-25(19-30(39)40)23-6-4-12-33-20-23)10-11-27(26)36-13-15-37(16-14-36)32(42)28-9-5-17-43-28/h1-4,6-8,10-12,18,20,25,28H,5,9,13-17,19,21H2,(H,34,38)(H,35,41)(H,39,40). The van der Waals surface area contributed by atoms with Gasteiger partial charge in [0.25, 0.3) is 17.7 Å². The largest absolute Gasteiger partial charge is 0.484 e. The molecule has 1 aromatic heterocycles. The van der Waals surface area contributed by atoms with Gasteiger partial charge in [-0.3, -0.25) is 24.2 Å². The van der Waals surface area contributed by atoms with Crippen molar-refractivity contribution in [1.82, 2.24) is 15.2 Å². The molecular weight excluding hydrogens is 566 g/mol. The molecule has 3 aromatic rings. The molecule has 2 aromatic carbocycles. The molecule has 230 valence electrons. The van der Waals surface area contributed by atoms with Gasteiger partial charge < -0.3 is 35.0 Å². The Hall–Kier alpha value is -4.97. The first-order valence-electron chi connectivity index (χ1n) is 14.6. The highest BCUT2D eigenvalue weighted by molar-refractivity contribution is 6.00. The summed E-state index contributed by atoms with van der Waals surface area (Å²) in [6, 6.07) is 16.5. The van der Waals surface area contributed by atoms with Gasteiger partial charge in [-0.1, -0.05) is 24.3 Å². The van der Waals surface area contributed by atoms with E-state index < -0.39 is 23.8 Å². The van der Waals surface area contributed by atoms with E-state index in [1.54, 1.807) is 65.7 Å². The number of carboxylic acids is 1. The zero-order valence-corrected chi connectivity index (χ0v) is 24.2. The fraction of sp³-hybridized carbons (Fsp3) is 0.344. The molecule has 12 heteroatoms. The van der Waals surface area contributed by atoms with Crippen molar-refractivity contribution in [3.8, 4) is 5.75 Å². The summed E-state index contributed by atoms with van der Waals surface area (Å²) in [5.74, 6) is -1.44. The van der Waals surface area contributed by atoms with Gasteiger partial charge in [-0.05, 0) is 54.8 Å². The number of aliphatic carboxylic acids is 1. The van der Waals surface area contributed by atoms with Gasteiger partial charge in [0, 0.05) is 50.7 Å². The van der Waals surface area contributed by atoms with Gasteiger partial charge in [0.15, 0.2) is 6.61 Å². The van der Waals surface area contributed by atoms with Crippen LogP contribution >= 0.6 is 0 Å². The van der Waals surface area contributed by atoms with Gasteiger partial charge in [0.05, 0.1) is 23.8 Å². The zero-order chi connectivity index (χ0) is 30.9. The first-order valence-corrected chi connectivity index (χ1v) is 14.6. The summed E-state index contributed by atoms with van der Waals surface area (Å²) in [6.07, 6.45) is 3.99. The maximum absolute atomic E-state index is 13.4. The van der Waals surface area contributed by atoms with Crippen molar-refractivity contribution in [2.45, 2.75) is 31.4 Å². The van der Waals surface area contributed by atoms with E-state index in [1.165, 1.54) is 6.20 Å². The number of carbonyl (C=O) groups is 4. The number of pyridine rings is 1. The van der Waals surface area contributed by atoms with Gasteiger partial charge in [-0.25, -0.2) is 0 Å². The SMILES string of the molecule is O=C(O)CC(NC(=O)c1ccc(N2CCN(C(=O)C3CCCO3)CC2)c(NC(=O)COc2ccccc2)c1)c1cccnc1. The summed E-state index contributed by atoms with van der Waals surface area (Å²) in [5.41, 5.74) is 1.88. The van der Waals surface area contributed by atoms with Crippen molar-refractivity contribution in [3.63, 3.8) is 0 Å². The smallest absolute Gasteiger partial charge is 0.305 e. The summed E-state index contributed by atoms with van der Waals surface area (Å²) in [4.78, 5) is 58.6. The van der Waals surface area contributed by atoms with Gasteiger partial charge in [-0.2, -0.15) is 0 Å². The minimum absolute atomic E-state index is 0.00490. The molecule has 12 nitrogen and oxygen atoms in total. The van der Waals surface area contributed by atoms with Crippen LogP contribution in [0.3, 0.4) is 0 Å². The molecule has 0 bridgehead atoms. The highest BCUT2D eigenvalue weighted by atomic mass is 16.5. The Morgan fingerprint density at radius 2 is 1.82 bits per heavy atom. The molecule has 2 unspecified atom stereocenters. The highest BCUT2D eigenvalue weighted by Crippen LogP contribution is 2.30. The van der Waals surface area contributed by atoms with Crippen LogP contribution in [0.2, 0.25) is 0 Å². The monoisotopic (exact) mass is 601 g/mol. The Morgan fingerprint density at radius 3 is 2.50 bits per heavy atom. The number of benzene rings is 2. The lowest BCUT2D eigenvalue weighted by Crippen LogP contribution is -2.51. The van der Waals surface area contributed by atoms with Gasteiger partial charge >= 0.3 is 5.97 Å². The Morgan fingerprint density at radius 1 is 1.02 bits per heavy atom. The van der Waals surface area contributed by atoms with Gasteiger partial charge in [0.2, 0.25) is 0 Å². The molecular formula is C32H35N5O7. The van der Waals surface area contributed by atoms with Crippen LogP contribution in [-0.2, 0) is 19.1 Å². The number of ether oxygens (including phenoxy) is 2. The number of rotatable bonds is 11. The lowest BCUT2D eigenvalue weighted by atomic mass is 10.0. The van der Waals surface area contributed by atoms with Crippen molar-refractivity contribution in [2.24, 2.45) is 0 Å². The van der Waals surface area contributed by atoms with Crippen LogP contribution < -0.4 is 20.3 Å². The number of hydrogen-bond acceptors (Lipinski definition) is 8. The van der Waals surface area contributed by atoms with E-state index in [9.17, 15) is 24.3 Å². The Bertz CT molecular complexity index is 1460. The molecule has 0 spiro atoms. The number of carboxylic acid groups (broad SMARTS) is 1. The van der Waals surface area contributed by atoms with Crippen molar-refractivity contribution in [1.29, 1.82) is 0 Å². The lowest BCUT2D eigenvalue weighted by Gasteiger charge is -2.37. The fourth-order valence-corrected chi connectivity index (χ4v) is 5.30. The molecule has 3 amide bonds. The second-order valence-corrected chi connectivity index (χ2v) is 10.6. The van der Waals surface area contributed by atoms with Crippen LogP contribution in [0.15, 0.2) is 73.1 Å². The van der Waals surface area contributed by atoms with Crippen molar-refractivity contribution in [3.05, 3.63) is 84.2 Å². The third-order valence-electron chi connectivity index (χ3n) is 7.55. The number of anilines is 2. The second kappa shape index (κ2) is 14.5. The quantitative estimate of drug-likeness (QED) is 0.301. The maximum Gasteiger partial charge on any atom is 0.305 e. The van der Waals surface area contributed by atoms with Crippen LogP contribution in [0.25, 0.3) is 0 Å². The Labute approximate surface area is 255 Å².